The second kappa shape index (κ2) is 9.28. The van der Waals surface area contributed by atoms with Crippen LogP contribution in [0.5, 0.6) is 0 Å². The van der Waals surface area contributed by atoms with Gasteiger partial charge in [0.05, 0.1) is 0 Å². The van der Waals surface area contributed by atoms with E-state index in [-0.39, 0.29) is 11.3 Å². The van der Waals surface area contributed by atoms with Gasteiger partial charge in [-0.25, -0.2) is 0 Å². The van der Waals surface area contributed by atoms with Crippen molar-refractivity contribution in [1.29, 1.82) is 0 Å². The Kier molecular flexibility index (Phi) is 6.22. The van der Waals surface area contributed by atoms with Crippen LogP contribution < -0.4 is 4.90 Å². The smallest absolute Gasteiger partial charge is 0.258 e. The summed E-state index contributed by atoms with van der Waals surface area (Å²) in [5, 5.41) is 0. The van der Waals surface area contributed by atoms with E-state index in [1.165, 1.54) is 16.7 Å². The van der Waals surface area contributed by atoms with Gasteiger partial charge in [-0.3, -0.25) is 9.69 Å². The maximum atomic E-state index is 13.5. The van der Waals surface area contributed by atoms with Crippen LogP contribution in [0.1, 0.15) is 39.9 Å². The van der Waals surface area contributed by atoms with Gasteiger partial charge in [-0.05, 0) is 68.2 Å². The third kappa shape index (κ3) is 4.55. The number of piperidine rings is 1. The summed E-state index contributed by atoms with van der Waals surface area (Å²) in [6.07, 6.45) is 6.62. The fourth-order valence-corrected chi connectivity index (χ4v) is 5.63. The fourth-order valence-electron chi connectivity index (χ4n) is 5.23. The van der Waals surface area contributed by atoms with E-state index in [0.29, 0.717) is 0 Å². The molecular formula is C29H29BrN2O. The maximum absolute atomic E-state index is 13.5. The van der Waals surface area contributed by atoms with Gasteiger partial charge >= 0.3 is 0 Å². The first-order chi connectivity index (χ1) is 16.0. The molecule has 0 aromatic heterocycles. The van der Waals surface area contributed by atoms with Crippen LogP contribution in [0, 0.1) is 6.92 Å². The lowest BCUT2D eigenvalue weighted by Crippen LogP contribution is -2.46. The Hall–Kier alpha value is -2.69. The van der Waals surface area contributed by atoms with Crippen molar-refractivity contribution in [1.82, 2.24) is 4.90 Å². The molecule has 2 aliphatic rings. The normalized spacial score (nSPS) is 17.6. The molecule has 5 rings (SSSR count). The van der Waals surface area contributed by atoms with Crippen LogP contribution in [0.2, 0.25) is 0 Å². The van der Waals surface area contributed by atoms with E-state index in [9.17, 15) is 4.79 Å². The number of carbonyl (C=O) groups excluding carboxylic acids is 1. The van der Waals surface area contributed by atoms with Gasteiger partial charge in [-0.15, -0.1) is 0 Å². The van der Waals surface area contributed by atoms with Crippen LogP contribution in [0.3, 0.4) is 0 Å². The molecule has 4 heteroatoms. The van der Waals surface area contributed by atoms with Crippen molar-refractivity contribution in [2.45, 2.75) is 25.2 Å². The maximum Gasteiger partial charge on any atom is 0.258 e. The van der Waals surface area contributed by atoms with Crippen molar-refractivity contribution >= 4 is 33.6 Å². The lowest BCUT2D eigenvalue weighted by atomic mass is 9.74. The molecule has 3 aromatic carbocycles. The number of hydrogen-bond donors (Lipinski definition) is 0. The van der Waals surface area contributed by atoms with Crippen molar-refractivity contribution in [3.8, 4) is 0 Å². The minimum atomic E-state index is 0.0443. The average Bonchev–Trinajstić information content (AvgIpc) is 3.14. The number of amides is 1. The van der Waals surface area contributed by atoms with Gasteiger partial charge in [-0.1, -0.05) is 82.2 Å². The number of benzene rings is 3. The van der Waals surface area contributed by atoms with Crippen molar-refractivity contribution in [2.24, 2.45) is 0 Å². The molecule has 3 nitrogen and oxygen atoms in total. The summed E-state index contributed by atoms with van der Waals surface area (Å²) in [5.74, 6) is 0.0894. The SMILES string of the molecule is Cc1ccc2c(c1)C1(CCN(CC=Cc3ccccc3)CC1)CN2C(=O)c1cccc(Br)c1. The molecule has 168 valence electrons. The Bertz CT molecular complexity index is 1180. The predicted octanol–water partition coefficient (Wildman–Crippen LogP) is 6.46. The minimum absolute atomic E-state index is 0.0443. The number of halogens is 1. The molecule has 3 aromatic rings. The number of likely N-dealkylation sites (tertiary alicyclic amines) is 1. The summed E-state index contributed by atoms with van der Waals surface area (Å²) < 4.78 is 0.934. The van der Waals surface area contributed by atoms with Crippen molar-refractivity contribution in [3.05, 3.63) is 106 Å². The van der Waals surface area contributed by atoms with Crippen molar-refractivity contribution in [3.63, 3.8) is 0 Å². The molecule has 0 atom stereocenters. The molecule has 1 fully saturated rings. The van der Waals surface area contributed by atoms with Gasteiger partial charge < -0.3 is 4.90 Å². The highest BCUT2D eigenvalue weighted by Crippen LogP contribution is 2.47. The van der Waals surface area contributed by atoms with Crippen LogP contribution >= 0.6 is 15.9 Å². The van der Waals surface area contributed by atoms with Gasteiger partial charge in [0.25, 0.3) is 5.91 Å². The number of nitrogens with zero attached hydrogens (tertiary/aromatic N) is 2. The average molecular weight is 501 g/mol. The van der Waals surface area contributed by atoms with E-state index in [0.717, 1.165) is 54.7 Å². The van der Waals surface area contributed by atoms with E-state index in [4.69, 9.17) is 0 Å². The second-order valence-corrected chi connectivity index (χ2v) is 10.2. The zero-order valence-corrected chi connectivity index (χ0v) is 20.6. The summed E-state index contributed by atoms with van der Waals surface area (Å²) in [5.41, 5.74) is 5.72. The van der Waals surface area contributed by atoms with E-state index < -0.39 is 0 Å². The Labute approximate surface area is 204 Å². The number of anilines is 1. The summed E-state index contributed by atoms with van der Waals surface area (Å²) in [7, 11) is 0. The van der Waals surface area contributed by atoms with Gasteiger partial charge in [0.15, 0.2) is 0 Å². The molecule has 2 aliphatic heterocycles. The summed E-state index contributed by atoms with van der Waals surface area (Å²) >= 11 is 3.51. The first-order valence-corrected chi connectivity index (χ1v) is 12.5. The van der Waals surface area contributed by atoms with Crippen LogP contribution in [0.4, 0.5) is 5.69 Å². The van der Waals surface area contributed by atoms with E-state index in [1.54, 1.807) is 0 Å². The largest absolute Gasteiger partial charge is 0.307 e. The molecule has 0 aliphatic carbocycles. The molecule has 1 amide bonds. The van der Waals surface area contributed by atoms with Gasteiger partial charge in [-0.2, -0.15) is 0 Å². The molecule has 0 N–H and O–H groups in total. The quantitative estimate of drug-likeness (QED) is 0.410. The highest BCUT2D eigenvalue weighted by Gasteiger charge is 2.46. The molecule has 1 spiro atoms. The van der Waals surface area contributed by atoms with Gasteiger partial charge in [0.2, 0.25) is 0 Å². The topological polar surface area (TPSA) is 23.6 Å². The first-order valence-electron chi connectivity index (χ1n) is 11.7. The third-order valence-corrected chi connectivity index (χ3v) is 7.57. The fraction of sp³-hybridized carbons (Fsp3) is 0.276. The molecule has 1 saturated heterocycles. The van der Waals surface area contributed by atoms with Crippen LogP contribution in [0.15, 0.2) is 83.3 Å². The van der Waals surface area contributed by atoms with Crippen molar-refractivity contribution in [2.75, 3.05) is 31.1 Å². The molecule has 0 unspecified atom stereocenters. The van der Waals surface area contributed by atoms with E-state index in [1.807, 2.05) is 35.2 Å². The minimum Gasteiger partial charge on any atom is -0.307 e. The Morgan fingerprint density at radius 1 is 1.00 bits per heavy atom. The summed E-state index contributed by atoms with van der Waals surface area (Å²) in [4.78, 5) is 18.0. The lowest BCUT2D eigenvalue weighted by Gasteiger charge is -2.39. The molecule has 2 heterocycles. The number of aryl methyl sites for hydroxylation is 1. The number of fused-ring (bicyclic) bond motifs is 2. The molecule has 0 bridgehead atoms. The summed E-state index contributed by atoms with van der Waals surface area (Å²) in [6.45, 7) is 5.98. The Morgan fingerprint density at radius 2 is 1.79 bits per heavy atom. The van der Waals surface area contributed by atoms with E-state index >= 15 is 0 Å². The number of rotatable bonds is 4. The summed E-state index contributed by atoms with van der Waals surface area (Å²) in [6, 6.07) is 24.8. The zero-order valence-electron chi connectivity index (χ0n) is 19.0. The monoisotopic (exact) mass is 500 g/mol. The second-order valence-electron chi connectivity index (χ2n) is 9.32. The molecule has 0 saturated carbocycles. The molecular weight excluding hydrogens is 472 g/mol. The standard InChI is InChI=1S/C29H29BrN2O/c1-22-12-13-27-26(19-22)29(21-32(27)28(33)24-10-5-11-25(30)20-24)14-17-31(18-15-29)16-6-9-23-7-3-2-4-8-23/h2-13,19-20H,14-18,21H2,1H3. The molecule has 0 radical (unpaired) electrons. The zero-order chi connectivity index (χ0) is 22.8. The third-order valence-electron chi connectivity index (χ3n) is 7.08. The van der Waals surface area contributed by atoms with Crippen LogP contribution in [-0.2, 0) is 5.41 Å². The van der Waals surface area contributed by atoms with Crippen LogP contribution in [0.25, 0.3) is 6.08 Å². The highest BCUT2D eigenvalue weighted by molar-refractivity contribution is 9.10. The molecule has 33 heavy (non-hydrogen) atoms. The number of carbonyl (C=O) groups is 1. The predicted molar refractivity (Wildman–Crippen MR) is 140 cm³/mol. The van der Waals surface area contributed by atoms with Gasteiger partial charge in [0.1, 0.15) is 0 Å². The number of hydrogen-bond acceptors (Lipinski definition) is 2. The van der Waals surface area contributed by atoms with Crippen molar-refractivity contribution < 1.29 is 4.79 Å². The van der Waals surface area contributed by atoms with E-state index in [2.05, 4.69) is 82.4 Å². The Balaban J connectivity index is 1.33. The van der Waals surface area contributed by atoms with Crippen LogP contribution in [-0.4, -0.2) is 37.0 Å². The Morgan fingerprint density at radius 3 is 2.55 bits per heavy atom. The lowest BCUT2D eigenvalue weighted by molar-refractivity contribution is 0.0977. The first kappa shape index (κ1) is 22.1. The van der Waals surface area contributed by atoms with Gasteiger partial charge in [0, 0.05) is 34.2 Å². The highest BCUT2D eigenvalue weighted by atomic mass is 79.9.